The topological polar surface area (TPSA) is 46.3 Å². The number of nitrogens with zero attached hydrogens (tertiary/aromatic N) is 1. The van der Waals surface area contributed by atoms with Crippen molar-refractivity contribution in [2.45, 2.75) is 6.42 Å². The highest BCUT2D eigenvalue weighted by atomic mass is 16.2. The van der Waals surface area contributed by atoms with E-state index in [1.807, 2.05) is 24.3 Å². The minimum absolute atomic E-state index is 0.367. The average Bonchev–Trinajstić information content (AvgIpc) is 2.73. The van der Waals surface area contributed by atoms with Gasteiger partial charge in [0.2, 0.25) is 0 Å². The van der Waals surface area contributed by atoms with Crippen LogP contribution in [0.1, 0.15) is 5.56 Å². The molecule has 2 N–H and O–H groups in total. The molecule has 0 radical (unpaired) electrons. The number of rotatable bonds is 0. The van der Waals surface area contributed by atoms with Crippen molar-refractivity contribution in [3.8, 4) is 0 Å². The third-order valence-corrected chi connectivity index (χ3v) is 3.16. The first kappa shape index (κ1) is 9.21. The Balaban J connectivity index is 2.26. The summed E-state index contributed by atoms with van der Waals surface area (Å²) >= 11 is 0. The molecular formula is C13H12N2O. The number of nitrogens with two attached hydrogens (primary N) is 1. The van der Waals surface area contributed by atoms with Crippen LogP contribution in [0.4, 0.5) is 10.5 Å². The standard InChI is InChI=1S/C13H12N2O/c14-13(16)15-8-7-11-10-4-2-1-3-9(10)5-6-12(11)15/h1-6H,7-8H2,(H2,14,16). The third kappa shape index (κ3) is 1.18. The van der Waals surface area contributed by atoms with Gasteiger partial charge in [0.05, 0.1) is 0 Å². The SMILES string of the molecule is NC(=O)N1CCc2c1ccc1ccccc21. The Morgan fingerprint density at radius 3 is 2.81 bits per heavy atom. The normalized spacial score (nSPS) is 14.1. The van der Waals surface area contributed by atoms with Crippen LogP contribution in [-0.4, -0.2) is 12.6 Å². The molecule has 1 aliphatic heterocycles. The number of fused-ring (bicyclic) bond motifs is 3. The smallest absolute Gasteiger partial charge is 0.319 e. The first-order valence-electron chi connectivity index (χ1n) is 5.35. The number of benzene rings is 2. The van der Waals surface area contributed by atoms with Crippen LogP contribution in [0.15, 0.2) is 36.4 Å². The van der Waals surface area contributed by atoms with Gasteiger partial charge in [-0.25, -0.2) is 4.79 Å². The Kier molecular flexibility index (Phi) is 1.86. The maximum atomic E-state index is 11.2. The van der Waals surface area contributed by atoms with Crippen LogP contribution in [0.3, 0.4) is 0 Å². The van der Waals surface area contributed by atoms with Crippen molar-refractivity contribution in [3.63, 3.8) is 0 Å². The molecule has 0 atom stereocenters. The lowest BCUT2D eigenvalue weighted by Crippen LogP contribution is -2.33. The van der Waals surface area contributed by atoms with E-state index in [-0.39, 0.29) is 6.03 Å². The van der Waals surface area contributed by atoms with Crippen LogP contribution in [0.2, 0.25) is 0 Å². The minimum atomic E-state index is -0.367. The molecule has 0 fully saturated rings. The molecule has 2 aromatic rings. The summed E-state index contributed by atoms with van der Waals surface area (Å²) in [7, 11) is 0. The molecule has 0 aromatic heterocycles. The Labute approximate surface area is 93.5 Å². The summed E-state index contributed by atoms with van der Waals surface area (Å²) in [6, 6.07) is 11.9. The van der Waals surface area contributed by atoms with E-state index in [9.17, 15) is 4.79 Å². The number of hydrogen-bond acceptors (Lipinski definition) is 1. The quantitative estimate of drug-likeness (QED) is 0.715. The van der Waals surface area contributed by atoms with Gasteiger partial charge in [-0.05, 0) is 28.8 Å². The Bertz CT molecular complexity index is 577. The molecule has 2 aromatic carbocycles. The van der Waals surface area contributed by atoms with Gasteiger partial charge in [-0.1, -0.05) is 30.3 Å². The fourth-order valence-corrected chi connectivity index (χ4v) is 2.41. The summed E-state index contributed by atoms with van der Waals surface area (Å²) in [6.45, 7) is 0.693. The number of carbonyl (C=O) groups is 1. The zero-order valence-electron chi connectivity index (χ0n) is 8.81. The number of anilines is 1. The zero-order valence-corrected chi connectivity index (χ0v) is 8.81. The maximum absolute atomic E-state index is 11.2. The van der Waals surface area contributed by atoms with Crippen LogP contribution >= 0.6 is 0 Å². The van der Waals surface area contributed by atoms with E-state index in [0.29, 0.717) is 6.54 Å². The van der Waals surface area contributed by atoms with Gasteiger partial charge < -0.3 is 5.73 Å². The third-order valence-electron chi connectivity index (χ3n) is 3.16. The zero-order chi connectivity index (χ0) is 11.1. The number of amides is 2. The second kappa shape index (κ2) is 3.23. The Morgan fingerprint density at radius 1 is 1.19 bits per heavy atom. The van der Waals surface area contributed by atoms with Crippen LogP contribution in [0, 0.1) is 0 Å². The molecule has 16 heavy (non-hydrogen) atoms. The van der Waals surface area contributed by atoms with Crippen molar-refractivity contribution in [3.05, 3.63) is 42.0 Å². The molecule has 0 saturated heterocycles. The molecule has 80 valence electrons. The van der Waals surface area contributed by atoms with Crippen molar-refractivity contribution in [2.75, 3.05) is 11.4 Å². The lowest BCUT2D eigenvalue weighted by atomic mass is 10.0. The van der Waals surface area contributed by atoms with E-state index in [2.05, 4.69) is 12.1 Å². The van der Waals surface area contributed by atoms with Gasteiger partial charge in [0.15, 0.2) is 0 Å². The predicted octanol–water partition coefficient (Wildman–Crippen LogP) is 2.28. The Morgan fingerprint density at radius 2 is 2.00 bits per heavy atom. The molecule has 0 unspecified atom stereocenters. The van der Waals surface area contributed by atoms with Crippen LogP contribution in [0.25, 0.3) is 10.8 Å². The van der Waals surface area contributed by atoms with Crippen molar-refractivity contribution < 1.29 is 4.79 Å². The van der Waals surface area contributed by atoms with Crippen molar-refractivity contribution >= 4 is 22.5 Å². The van der Waals surface area contributed by atoms with E-state index in [4.69, 9.17) is 5.73 Å². The molecule has 0 bridgehead atoms. The molecule has 0 aliphatic carbocycles. The number of carbonyl (C=O) groups excluding carboxylic acids is 1. The van der Waals surface area contributed by atoms with Gasteiger partial charge in [-0.15, -0.1) is 0 Å². The van der Waals surface area contributed by atoms with Crippen LogP contribution in [-0.2, 0) is 6.42 Å². The first-order valence-corrected chi connectivity index (χ1v) is 5.35. The monoisotopic (exact) mass is 212 g/mol. The number of primary amides is 1. The lowest BCUT2D eigenvalue weighted by Gasteiger charge is -2.14. The second-order valence-electron chi connectivity index (χ2n) is 4.02. The maximum Gasteiger partial charge on any atom is 0.319 e. The van der Waals surface area contributed by atoms with Gasteiger partial charge >= 0.3 is 6.03 Å². The highest BCUT2D eigenvalue weighted by molar-refractivity contribution is 5.99. The predicted molar refractivity (Wildman–Crippen MR) is 64.6 cm³/mol. The molecule has 3 nitrogen and oxygen atoms in total. The minimum Gasteiger partial charge on any atom is -0.351 e. The molecule has 3 heteroatoms. The number of urea groups is 1. The van der Waals surface area contributed by atoms with Gasteiger partial charge in [-0.3, -0.25) is 4.90 Å². The van der Waals surface area contributed by atoms with Crippen LogP contribution < -0.4 is 10.6 Å². The highest BCUT2D eigenvalue weighted by Crippen LogP contribution is 2.33. The summed E-state index contributed by atoms with van der Waals surface area (Å²) in [5.74, 6) is 0. The largest absolute Gasteiger partial charge is 0.351 e. The summed E-state index contributed by atoms with van der Waals surface area (Å²) in [5, 5.41) is 2.44. The van der Waals surface area contributed by atoms with Gasteiger partial charge in [0.25, 0.3) is 0 Å². The van der Waals surface area contributed by atoms with E-state index >= 15 is 0 Å². The molecule has 0 saturated carbocycles. The van der Waals surface area contributed by atoms with E-state index in [0.717, 1.165) is 12.1 Å². The molecule has 1 aliphatic rings. The van der Waals surface area contributed by atoms with Crippen molar-refractivity contribution in [2.24, 2.45) is 5.73 Å². The van der Waals surface area contributed by atoms with Gasteiger partial charge in [0.1, 0.15) is 0 Å². The summed E-state index contributed by atoms with van der Waals surface area (Å²) in [6.07, 6.45) is 0.889. The first-order chi connectivity index (χ1) is 7.77. The molecule has 0 spiro atoms. The van der Waals surface area contributed by atoms with Gasteiger partial charge in [-0.2, -0.15) is 0 Å². The van der Waals surface area contributed by atoms with Crippen LogP contribution in [0.5, 0.6) is 0 Å². The molecule has 2 amide bonds. The summed E-state index contributed by atoms with van der Waals surface area (Å²) in [5.41, 5.74) is 7.54. The highest BCUT2D eigenvalue weighted by Gasteiger charge is 2.23. The lowest BCUT2D eigenvalue weighted by molar-refractivity contribution is 0.254. The van der Waals surface area contributed by atoms with E-state index < -0.39 is 0 Å². The van der Waals surface area contributed by atoms with Gasteiger partial charge in [0, 0.05) is 12.2 Å². The fraction of sp³-hybridized carbons (Fsp3) is 0.154. The number of hydrogen-bond donors (Lipinski definition) is 1. The summed E-state index contributed by atoms with van der Waals surface area (Å²) < 4.78 is 0. The van der Waals surface area contributed by atoms with Crippen molar-refractivity contribution in [1.29, 1.82) is 0 Å². The van der Waals surface area contributed by atoms with Crippen molar-refractivity contribution in [1.82, 2.24) is 0 Å². The molecular weight excluding hydrogens is 200 g/mol. The van der Waals surface area contributed by atoms with E-state index in [1.54, 1.807) is 4.90 Å². The fourth-order valence-electron chi connectivity index (χ4n) is 2.41. The molecule has 3 rings (SSSR count). The second-order valence-corrected chi connectivity index (χ2v) is 4.02. The molecule has 1 heterocycles. The average molecular weight is 212 g/mol. The van der Waals surface area contributed by atoms with E-state index in [1.165, 1.54) is 16.3 Å². The Hall–Kier alpha value is -2.03. The summed E-state index contributed by atoms with van der Waals surface area (Å²) in [4.78, 5) is 12.9.